The zero-order valence-corrected chi connectivity index (χ0v) is 15.9. The van der Waals surface area contributed by atoms with Crippen LogP contribution >= 0.6 is 0 Å². The van der Waals surface area contributed by atoms with E-state index >= 15 is 0 Å². The molecule has 0 saturated carbocycles. The maximum atomic E-state index is 10.2. The molecule has 0 heterocycles. The van der Waals surface area contributed by atoms with Gasteiger partial charge in [-0.3, -0.25) is 4.90 Å². The fourth-order valence-corrected chi connectivity index (χ4v) is 2.41. The van der Waals surface area contributed by atoms with E-state index in [2.05, 4.69) is 32.6 Å². The van der Waals surface area contributed by atoms with Gasteiger partial charge >= 0.3 is 0 Å². The average Bonchev–Trinajstić information content (AvgIpc) is 2.53. The van der Waals surface area contributed by atoms with E-state index in [1.807, 2.05) is 18.2 Å². The van der Waals surface area contributed by atoms with Gasteiger partial charge < -0.3 is 19.3 Å². The van der Waals surface area contributed by atoms with Crippen molar-refractivity contribution >= 4 is 0 Å². The molecule has 0 fully saturated rings. The van der Waals surface area contributed by atoms with Gasteiger partial charge in [-0.15, -0.1) is 0 Å². The largest absolute Gasteiger partial charge is 0.497 e. The molecule has 0 spiro atoms. The third-order valence-electron chi connectivity index (χ3n) is 3.73. The van der Waals surface area contributed by atoms with Crippen molar-refractivity contribution in [1.29, 1.82) is 0 Å². The number of aliphatic hydroxyl groups excluding tert-OH is 1. The molecule has 0 saturated heterocycles. The zero-order valence-electron chi connectivity index (χ0n) is 15.9. The van der Waals surface area contributed by atoms with Crippen molar-refractivity contribution in [2.24, 2.45) is 5.92 Å². The van der Waals surface area contributed by atoms with Gasteiger partial charge in [0.05, 0.1) is 26.9 Å². The van der Waals surface area contributed by atoms with Crippen LogP contribution in [0.2, 0.25) is 0 Å². The first-order valence-corrected chi connectivity index (χ1v) is 8.57. The number of hydrogen-bond donors (Lipinski definition) is 1. The summed E-state index contributed by atoms with van der Waals surface area (Å²) in [6.07, 6.45) is -0.501. The molecule has 0 radical (unpaired) electrons. The molecule has 1 atom stereocenters. The first-order valence-electron chi connectivity index (χ1n) is 8.57. The summed E-state index contributed by atoms with van der Waals surface area (Å²) < 4.78 is 16.2. The lowest BCUT2D eigenvalue weighted by Crippen LogP contribution is -2.39. The molecule has 0 aliphatic carbocycles. The Morgan fingerprint density at radius 3 is 2.00 bits per heavy atom. The van der Waals surface area contributed by atoms with E-state index in [1.165, 1.54) is 0 Å². The van der Waals surface area contributed by atoms with Gasteiger partial charge in [0.2, 0.25) is 0 Å². The van der Waals surface area contributed by atoms with Crippen LogP contribution in [0.5, 0.6) is 11.5 Å². The summed E-state index contributed by atoms with van der Waals surface area (Å²) >= 11 is 0. The van der Waals surface area contributed by atoms with E-state index in [1.54, 1.807) is 14.2 Å². The van der Waals surface area contributed by atoms with Crippen molar-refractivity contribution in [3.05, 3.63) is 23.8 Å². The fourth-order valence-electron chi connectivity index (χ4n) is 2.41. The number of methoxy groups -OCH3 is 2. The molecular formula is C19H33NO4. The lowest BCUT2D eigenvalue weighted by Gasteiger charge is -2.29. The number of ether oxygens (including phenoxy) is 3. The normalized spacial score (nSPS) is 12.9. The van der Waals surface area contributed by atoms with E-state index in [9.17, 15) is 5.11 Å². The number of hydrogen-bond acceptors (Lipinski definition) is 5. The van der Waals surface area contributed by atoms with Crippen LogP contribution < -0.4 is 9.47 Å². The standard InChI is InChI=1S/C19H33NO4/c1-14(2)12-24-13-17(21)11-20(15(3)4)10-16-7-18(22-5)9-19(8-16)23-6/h7-9,14-15,17,21H,10-13H2,1-6H3. The lowest BCUT2D eigenvalue weighted by molar-refractivity contribution is 0.00172. The van der Waals surface area contributed by atoms with Crippen molar-refractivity contribution in [2.75, 3.05) is 34.0 Å². The number of aliphatic hydroxyl groups is 1. The molecule has 5 nitrogen and oxygen atoms in total. The van der Waals surface area contributed by atoms with E-state index in [0.29, 0.717) is 38.3 Å². The minimum Gasteiger partial charge on any atom is -0.497 e. The second-order valence-electron chi connectivity index (χ2n) is 6.83. The van der Waals surface area contributed by atoms with Crippen molar-refractivity contribution < 1.29 is 19.3 Å². The highest BCUT2D eigenvalue weighted by molar-refractivity contribution is 5.38. The Kier molecular flexibility index (Phi) is 9.11. The van der Waals surface area contributed by atoms with Gasteiger partial charge in [0.1, 0.15) is 11.5 Å². The van der Waals surface area contributed by atoms with Crippen LogP contribution in [-0.2, 0) is 11.3 Å². The molecule has 24 heavy (non-hydrogen) atoms. The SMILES string of the molecule is COc1cc(CN(CC(O)COCC(C)C)C(C)C)cc(OC)c1. The van der Waals surface area contributed by atoms with Gasteiger partial charge in [0, 0.05) is 31.8 Å². The number of benzene rings is 1. The molecule has 0 bridgehead atoms. The van der Waals surface area contributed by atoms with Crippen LogP contribution in [0.3, 0.4) is 0 Å². The summed E-state index contributed by atoms with van der Waals surface area (Å²) in [6, 6.07) is 6.17. The highest BCUT2D eigenvalue weighted by Crippen LogP contribution is 2.24. The second kappa shape index (κ2) is 10.5. The van der Waals surface area contributed by atoms with E-state index < -0.39 is 6.10 Å². The summed E-state index contributed by atoms with van der Waals surface area (Å²) in [5.74, 6) is 2.02. The number of nitrogens with zero attached hydrogens (tertiary/aromatic N) is 1. The third-order valence-corrected chi connectivity index (χ3v) is 3.73. The molecule has 1 N–H and O–H groups in total. The summed E-state index contributed by atoms with van der Waals surface area (Å²) in [5.41, 5.74) is 1.09. The minimum atomic E-state index is -0.501. The molecule has 1 rings (SSSR count). The summed E-state index contributed by atoms with van der Waals surface area (Å²) in [5, 5.41) is 10.2. The summed E-state index contributed by atoms with van der Waals surface area (Å²) in [4.78, 5) is 2.22. The molecule has 1 aromatic carbocycles. The molecule has 0 amide bonds. The molecule has 5 heteroatoms. The van der Waals surface area contributed by atoms with Gasteiger partial charge in [0.25, 0.3) is 0 Å². The zero-order chi connectivity index (χ0) is 18.1. The molecule has 0 aliphatic heterocycles. The molecule has 0 aliphatic rings. The molecule has 138 valence electrons. The predicted molar refractivity (Wildman–Crippen MR) is 96.8 cm³/mol. The molecule has 1 unspecified atom stereocenters. The van der Waals surface area contributed by atoms with E-state index in [-0.39, 0.29) is 0 Å². The van der Waals surface area contributed by atoms with Crippen LogP contribution in [-0.4, -0.2) is 56.1 Å². The maximum absolute atomic E-state index is 10.2. The smallest absolute Gasteiger partial charge is 0.122 e. The Bertz CT molecular complexity index is 454. The van der Waals surface area contributed by atoms with Crippen LogP contribution in [0.4, 0.5) is 0 Å². The average molecular weight is 339 g/mol. The Balaban J connectivity index is 2.69. The Hall–Kier alpha value is -1.30. The Morgan fingerprint density at radius 1 is 0.958 bits per heavy atom. The third kappa shape index (κ3) is 7.51. The molecule has 1 aromatic rings. The number of rotatable bonds is 11. The van der Waals surface area contributed by atoms with Gasteiger partial charge in [0.15, 0.2) is 0 Å². The quantitative estimate of drug-likeness (QED) is 0.672. The van der Waals surface area contributed by atoms with E-state index in [4.69, 9.17) is 14.2 Å². The second-order valence-corrected chi connectivity index (χ2v) is 6.83. The fraction of sp³-hybridized carbons (Fsp3) is 0.684. The molecular weight excluding hydrogens is 306 g/mol. The van der Waals surface area contributed by atoms with Crippen LogP contribution in [0.15, 0.2) is 18.2 Å². The maximum Gasteiger partial charge on any atom is 0.122 e. The summed E-state index contributed by atoms with van der Waals surface area (Å²) in [7, 11) is 3.29. The Morgan fingerprint density at radius 2 is 1.54 bits per heavy atom. The highest BCUT2D eigenvalue weighted by Gasteiger charge is 2.16. The van der Waals surface area contributed by atoms with Gasteiger partial charge in [-0.25, -0.2) is 0 Å². The summed E-state index contributed by atoms with van der Waals surface area (Å²) in [6.45, 7) is 10.8. The highest BCUT2D eigenvalue weighted by atomic mass is 16.5. The monoisotopic (exact) mass is 339 g/mol. The topological polar surface area (TPSA) is 51.2 Å². The van der Waals surface area contributed by atoms with Crippen molar-refractivity contribution in [2.45, 2.75) is 46.4 Å². The Labute approximate surface area is 146 Å². The minimum absolute atomic E-state index is 0.307. The van der Waals surface area contributed by atoms with Crippen LogP contribution in [0.1, 0.15) is 33.3 Å². The van der Waals surface area contributed by atoms with E-state index in [0.717, 1.165) is 17.1 Å². The van der Waals surface area contributed by atoms with Gasteiger partial charge in [-0.1, -0.05) is 13.8 Å². The first kappa shape index (κ1) is 20.7. The van der Waals surface area contributed by atoms with Gasteiger partial charge in [-0.2, -0.15) is 0 Å². The van der Waals surface area contributed by atoms with Crippen LogP contribution in [0, 0.1) is 5.92 Å². The molecule has 0 aromatic heterocycles. The van der Waals surface area contributed by atoms with Crippen molar-refractivity contribution in [3.8, 4) is 11.5 Å². The van der Waals surface area contributed by atoms with Crippen LogP contribution in [0.25, 0.3) is 0 Å². The first-order chi connectivity index (χ1) is 11.3. The van der Waals surface area contributed by atoms with Gasteiger partial charge in [-0.05, 0) is 37.5 Å². The predicted octanol–water partition coefficient (Wildman–Crippen LogP) is 2.95. The van der Waals surface area contributed by atoms with Crippen molar-refractivity contribution in [1.82, 2.24) is 4.90 Å². The van der Waals surface area contributed by atoms with Crippen molar-refractivity contribution in [3.63, 3.8) is 0 Å². The lowest BCUT2D eigenvalue weighted by atomic mass is 10.1.